The maximum Gasteiger partial charge on any atom is 0.416 e. The molecule has 1 aromatic carbocycles. The van der Waals surface area contributed by atoms with Crippen molar-refractivity contribution < 1.29 is 27.8 Å². The minimum atomic E-state index is -4.27. The van der Waals surface area contributed by atoms with Gasteiger partial charge in [-0.2, -0.15) is 13.2 Å². The van der Waals surface area contributed by atoms with Crippen molar-refractivity contribution in [2.45, 2.75) is 38.8 Å². The number of ether oxygens (including phenoxy) is 1. The first kappa shape index (κ1) is 25.5. The lowest BCUT2D eigenvalue weighted by Crippen LogP contribution is -2.03. The summed E-state index contributed by atoms with van der Waals surface area (Å²) in [4.78, 5) is 16.1. The summed E-state index contributed by atoms with van der Waals surface area (Å²) in [5.74, 6) is -0.817. The number of carbonyl (C=O) groups is 1. The van der Waals surface area contributed by atoms with Gasteiger partial charge in [0.05, 0.1) is 24.3 Å². The minimum absolute atomic E-state index is 0.0705. The van der Waals surface area contributed by atoms with Crippen molar-refractivity contribution in [1.29, 1.82) is 0 Å². The second-order valence-electron chi connectivity index (χ2n) is 7.35. The SMILES string of the molecule is C=C(/C=C\C=C(/C)CC(=O)O)COC.FC(F)(F)c1ccc(-c2nc3c(s2)CCC3)cc1. The van der Waals surface area contributed by atoms with E-state index in [9.17, 15) is 18.0 Å². The Balaban J connectivity index is 0.000000237. The number of hydrogen-bond acceptors (Lipinski definition) is 4. The van der Waals surface area contributed by atoms with Crippen LogP contribution in [0.3, 0.4) is 0 Å². The molecule has 4 nitrogen and oxygen atoms in total. The van der Waals surface area contributed by atoms with E-state index in [1.807, 2.05) is 0 Å². The first-order chi connectivity index (χ1) is 15.1. The molecule has 3 rings (SSSR count). The lowest BCUT2D eigenvalue weighted by Gasteiger charge is -2.06. The Morgan fingerprint density at radius 2 is 1.97 bits per heavy atom. The Morgan fingerprint density at radius 1 is 1.28 bits per heavy atom. The van der Waals surface area contributed by atoms with Gasteiger partial charge < -0.3 is 9.84 Å². The molecule has 0 unspecified atom stereocenters. The summed E-state index contributed by atoms with van der Waals surface area (Å²) >= 11 is 1.60. The standard InChI is InChI=1S/C13H10F3NS.C11H16O3/c14-13(15,16)9-6-4-8(5-7-9)12-17-10-2-1-3-11(10)18-12;1-9(7-11(12)13)5-4-6-10(2)8-14-3/h4-7H,1-3H2;4-6H,2,7-8H2,1,3H3,(H,12,13)/b;6-4-,9-5+. The van der Waals surface area contributed by atoms with Crippen LogP contribution < -0.4 is 0 Å². The van der Waals surface area contributed by atoms with Crippen molar-refractivity contribution in [1.82, 2.24) is 4.98 Å². The molecule has 1 aromatic heterocycles. The maximum atomic E-state index is 12.4. The number of allylic oxidation sites excluding steroid dienone is 2. The molecule has 0 saturated heterocycles. The topological polar surface area (TPSA) is 59.4 Å². The van der Waals surface area contributed by atoms with Gasteiger partial charge in [-0.05, 0) is 43.9 Å². The number of aliphatic carboxylic acids is 1. The summed E-state index contributed by atoms with van der Waals surface area (Å²) in [5.41, 5.74) is 2.93. The molecule has 0 atom stereocenters. The van der Waals surface area contributed by atoms with Gasteiger partial charge >= 0.3 is 12.1 Å². The molecule has 0 aliphatic heterocycles. The predicted molar refractivity (Wildman–Crippen MR) is 121 cm³/mol. The van der Waals surface area contributed by atoms with Crippen molar-refractivity contribution in [3.8, 4) is 10.6 Å². The van der Waals surface area contributed by atoms with Gasteiger partial charge in [-0.15, -0.1) is 11.3 Å². The highest BCUT2D eigenvalue weighted by molar-refractivity contribution is 7.15. The van der Waals surface area contributed by atoms with E-state index in [1.165, 1.54) is 17.0 Å². The zero-order valence-electron chi connectivity index (χ0n) is 18.0. The number of carboxylic acids is 1. The number of fused-ring (bicyclic) bond motifs is 1. The largest absolute Gasteiger partial charge is 0.481 e. The van der Waals surface area contributed by atoms with Crippen LogP contribution in [0, 0.1) is 0 Å². The molecule has 32 heavy (non-hydrogen) atoms. The number of rotatable bonds is 7. The summed E-state index contributed by atoms with van der Waals surface area (Å²) in [7, 11) is 1.60. The van der Waals surface area contributed by atoms with Gasteiger partial charge in [0.15, 0.2) is 0 Å². The first-order valence-corrected chi connectivity index (χ1v) is 10.8. The predicted octanol–water partition coefficient (Wildman–Crippen LogP) is 6.48. The van der Waals surface area contributed by atoms with Gasteiger partial charge in [-0.1, -0.05) is 42.5 Å². The average Bonchev–Trinajstić information content (AvgIpc) is 3.30. The van der Waals surface area contributed by atoms with Gasteiger partial charge in [0.25, 0.3) is 0 Å². The lowest BCUT2D eigenvalue weighted by molar-refractivity contribution is -0.138. The van der Waals surface area contributed by atoms with Crippen molar-refractivity contribution in [3.63, 3.8) is 0 Å². The monoisotopic (exact) mass is 465 g/mol. The van der Waals surface area contributed by atoms with Crippen LogP contribution >= 0.6 is 11.3 Å². The Bertz CT molecular complexity index is 967. The molecule has 1 N–H and O–H groups in total. The number of carboxylic acid groups (broad SMARTS) is 1. The molecular weight excluding hydrogens is 439 g/mol. The van der Waals surface area contributed by atoms with Crippen molar-refractivity contribution in [3.05, 3.63) is 76.4 Å². The van der Waals surface area contributed by atoms with Crippen molar-refractivity contribution >= 4 is 17.3 Å². The van der Waals surface area contributed by atoms with E-state index in [4.69, 9.17) is 9.84 Å². The second-order valence-corrected chi connectivity index (χ2v) is 8.44. The highest BCUT2D eigenvalue weighted by Gasteiger charge is 2.30. The molecule has 2 aromatic rings. The number of nitrogens with zero attached hydrogens (tertiary/aromatic N) is 1. The van der Waals surface area contributed by atoms with Crippen molar-refractivity contribution in [2.24, 2.45) is 0 Å². The average molecular weight is 466 g/mol. The molecule has 172 valence electrons. The summed E-state index contributed by atoms with van der Waals surface area (Å²) in [5, 5.41) is 9.30. The third kappa shape index (κ3) is 8.09. The van der Waals surface area contributed by atoms with Gasteiger partial charge in [0.1, 0.15) is 5.01 Å². The fourth-order valence-electron chi connectivity index (χ4n) is 3.00. The normalized spacial score (nSPS) is 13.6. The van der Waals surface area contributed by atoms with E-state index in [0.717, 1.165) is 58.8 Å². The van der Waals surface area contributed by atoms with Gasteiger partial charge in [0, 0.05) is 17.6 Å². The zero-order chi connectivity index (χ0) is 23.7. The number of thiazole rings is 1. The summed E-state index contributed by atoms with van der Waals surface area (Å²) in [6.07, 6.45) is 4.31. The van der Waals surface area contributed by atoms with E-state index in [0.29, 0.717) is 6.61 Å². The Hall–Kier alpha value is -2.71. The Kier molecular flexibility index (Phi) is 9.41. The van der Waals surface area contributed by atoms with Crippen molar-refractivity contribution in [2.75, 3.05) is 13.7 Å². The quantitative estimate of drug-likeness (QED) is 0.475. The fourth-order valence-corrected chi connectivity index (χ4v) is 4.15. The van der Waals surface area contributed by atoms with Crippen LogP contribution in [0.15, 0.2) is 60.2 Å². The van der Waals surface area contributed by atoms with Crippen LogP contribution in [0.25, 0.3) is 10.6 Å². The first-order valence-electron chi connectivity index (χ1n) is 9.98. The molecule has 8 heteroatoms. The van der Waals surface area contributed by atoms with E-state index in [-0.39, 0.29) is 6.42 Å². The maximum absolute atomic E-state index is 12.4. The Labute approximate surface area is 189 Å². The highest BCUT2D eigenvalue weighted by atomic mass is 32.1. The smallest absolute Gasteiger partial charge is 0.416 e. The molecule has 1 aliphatic rings. The number of aryl methyl sites for hydroxylation is 2. The number of hydrogen-bond donors (Lipinski definition) is 1. The highest BCUT2D eigenvalue weighted by Crippen LogP contribution is 2.35. The molecule has 0 spiro atoms. The zero-order valence-corrected chi connectivity index (χ0v) is 18.9. The van der Waals surface area contributed by atoms with Gasteiger partial charge in [0.2, 0.25) is 0 Å². The minimum Gasteiger partial charge on any atom is -0.481 e. The third-order valence-corrected chi connectivity index (χ3v) is 5.73. The van der Waals surface area contributed by atoms with Crippen LogP contribution in [0.2, 0.25) is 0 Å². The molecule has 0 amide bonds. The number of benzene rings is 1. The number of alkyl halides is 3. The van der Waals surface area contributed by atoms with E-state index < -0.39 is 17.7 Å². The van der Waals surface area contributed by atoms with Crippen LogP contribution in [-0.4, -0.2) is 29.8 Å². The van der Waals surface area contributed by atoms with Crippen LogP contribution in [0.4, 0.5) is 13.2 Å². The molecule has 1 aliphatic carbocycles. The van der Waals surface area contributed by atoms with E-state index >= 15 is 0 Å². The van der Waals surface area contributed by atoms with Crippen LogP contribution in [0.5, 0.6) is 0 Å². The molecule has 1 heterocycles. The molecule has 0 radical (unpaired) electrons. The summed E-state index contributed by atoms with van der Waals surface area (Å²) in [6, 6.07) is 5.22. The van der Waals surface area contributed by atoms with Crippen LogP contribution in [-0.2, 0) is 28.5 Å². The number of aromatic nitrogens is 1. The fraction of sp³-hybridized carbons (Fsp3) is 0.333. The lowest BCUT2D eigenvalue weighted by atomic mass is 10.1. The molecular formula is C24H26F3NO3S. The van der Waals surface area contributed by atoms with Gasteiger partial charge in [-0.3, -0.25) is 4.79 Å². The molecule has 0 saturated carbocycles. The Morgan fingerprint density at radius 3 is 2.53 bits per heavy atom. The van der Waals surface area contributed by atoms with E-state index in [1.54, 1.807) is 43.6 Å². The number of methoxy groups -OCH3 is 1. The molecule has 0 bridgehead atoms. The van der Waals surface area contributed by atoms with Crippen LogP contribution in [0.1, 0.15) is 35.9 Å². The third-order valence-electron chi connectivity index (χ3n) is 4.53. The second kappa shape index (κ2) is 11.8. The van der Waals surface area contributed by atoms with E-state index in [2.05, 4.69) is 11.6 Å². The number of halogens is 3. The van der Waals surface area contributed by atoms with Gasteiger partial charge in [-0.25, -0.2) is 4.98 Å². The summed E-state index contributed by atoms with van der Waals surface area (Å²) < 4.78 is 42.2. The summed E-state index contributed by atoms with van der Waals surface area (Å²) in [6.45, 7) is 6.01. The molecule has 0 fully saturated rings.